The zero-order chi connectivity index (χ0) is 8.43. The van der Waals surface area contributed by atoms with Crippen LogP contribution in [0.1, 0.15) is 17.9 Å². The van der Waals surface area contributed by atoms with E-state index in [1.807, 2.05) is 0 Å². The van der Waals surface area contributed by atoms with Crippen LogP contribution in [0.3, 0.4) is 0 Å². The molecule has 0 unspecified atom stereocenters. The molecule has 0 radical (unpaired) electrons. The second kappa shape index (κ2) is 3.55. The van der Waals surface area contributed by atoms with Crippen LogP contribution in [0.25, 0.3) is 0 Å². The number of hydrogen-bond donors (Lipinski definition) is 0. The molecule has 0 amide bonds. The van der Waals surface area contributed by atoms with E-state index in [1.165, 1.54) is 6.07 Å². The van der Waals surface area contributed by atoms with Gasteiger partial charge in [-0.1, -0.05) is 22.0 Å². The summed E-state index contributed by atoms with van der Waals surface area (Å²) in [6, 6.07) is 4.86. The Morgan fingerprint density at radius 1 is 1.55 bits per heavy atom. The van der Waals surface area contributed by atoms with Crippen LogP contribution < -0.4 is 0 Å². The second-order valence-corrected chi connectivity index (χ2v) is 3.85. The summed E-state index contributed by atoms with van der Waals surface area (Å²) >= 11 is 8.87. The monoisotopic (exact) mass is 236 g/mol. The van der Waals surface area contributed by atoms with Crippen LogP contribution in [0.5, 0.6) is 0 Å². The highest BCUT2D eigenvalue weighted by Crippen LogP contribution is 2.24. The normalized spacial score (nSPS) is 13.1. The first-order valence-corrected chi connectivity index (χ1v) is 4.43. The van der Waals surface area contributed by atoms with Crippen LogP contribution in [-0.4, -0.2) is 0 Å². The van der Waals surface area contributed by atoms with Gasteiger partial charge in [0.25, 0.3) is 0 Å². The fraction of sp³-hybridized carbons (Fsp3) is 0.250. The molecule has 11 heavy (non-hydrogen) atoms. The maximum Gasteiger partial charge on any atom is 0.129 e. The van der Waals surface area contributed by atoms with Crippen LogP contribution in [0, 0.1) is 5.82 Å². The van der Waals surface area contributed by atoms with Gasteiger partial charge in [-0.05, 0) is 19.1 Å². The Morgan fingerprint density at radius 3 is 2.64 bits per heavy atom. The molecule has 3 heteroatoms. The smallest absolute Gasteiger partial charge is 0.129 e. The Labute approximate surface area is 78.5 Å². The number of benzene rings is 1. The van der Waals surface area contributed by atoms with Crippen molar-refractivity contribution in [2.75, 3.05) is 0 Å². The van der Waals surface area contributed by atoms with Crippen LogP contribution in [0.2, 0.25) is 0 Å². The molecule has 0 N–H and O–H groups in total. The average molecular weight is 237 g/mol. The van der Waals surface area contributed by atoms with Gasteiger partial charge in [0.1, 0.15) is 5.82 Å². The van der Waals surface area contributed by atoms with Crippen LogP contribution in [0.15, 0.2) is 22.7 Å². The summed E-state index contributed by atoms with van der Waals surface area (Å²) in [6.07, 6.45) is 0. The Morgan fingerprint density at radius 2 is 2.18 bits per heavy atom. The lowest BCUT2D eigenvalue weighted by atomic mass is 10.1. The van der Waals surface area contributed by atoms with Crippen molar-refractivity contribution in [2.45, 2.75) is 12.3 Å². The van der Waals surface area contributed by atoms with Crippen molar-refractivity contribution < 1.29 is 4.39 Å². The van der Waals surface area contributed by atoms with Crippen molar-refractivity contribution in [3.63, 3.8) is 0 Å². The lowest BCUT2D eigenvalue weighted by Gasteiger charge is -2.04. The molecule has 0 saturated heterocycles. The highest BCUT2D eigenvalue weighted by Gasteiger charge is 2.07. The first-order chi connectivity index (χ1) is 5.11. The summed E-state index contributed by atoms with van der Waals surface area (Å²) in [5, 5.41) is -0.275. The van der Waals surface area contributed by atoms with Gasteiger partial charge in [-0.25, -0.2) is 4.39 Å². The molecule has 1 rings (SSSR count). The third-order valence-corrected chi connectivity index (χ3v) is 2.12. The van der Waals surface area contributed by atoms with E-state index in [0.717, 1.165) is 4.47 Å². The van der Waals surface area contributed by atoms with E-state index in [-0.39, 0.29) is 11.2 Å². The summed E-state index contributed by atoms with van der Waals surface area (Å²) in [6.45, 7) is 1.74. The van der Waals surface area contributed by atoms with Crippen molar-refractivity contribution in [3.05, 3.63) is 34.1 Å². The molecule has 1 aromatic carbocycles. The Kier molecular flexibility index (Phi) is 2.90. The van der Waals surface area contributed by atoms with Gasteiger partial charge < -0.3 is 0 Å². The van der Waals surface area contributed by atoms with Gasteiger partial charge in [0.2, 0.25) is 0 Å². The van der Waals surface area contributed by atoms with E-state index in [9.17, 15) is 4.39 Å². The minimum Gasteiger partial charge on any atom is -0.207 e. The molecule has 0 aromatic heterocycles. The molecule has 1 atom stereocenters. The van der Waals surface area contributed by atoms with Crippen molar-refractivity contribution in [1.29, 1.82) is 0 Å². The Bertz CT molecular complexity index is 260. The van der Waals surface area contributed by atoms with E-state index >= 15 is 0 Å². The standard InChI is InChI=1S/C8H7BrClF/c1-5(10)7-3-2-6(9)4-8(7)11/h2-5H,1H3/t5-/m1/s1. The van der Waals surface area contributed by atoms with Crippen LogP contribution >= 0.6 is 27.5 Å². The SMILES string of the molecule is C[C@@H](Cl)c1ccc(Br)cc1F. The topological polar surface area (TPSA) is 0 Å². The molecule has 0 aliphatic heterocycles. The van der Waals surface area contributed by atoms with E-state index in [4.69, 9.17) is 11.6 Å². The van der Waals surface area contributed by atoms with Crippen LogP contribution in [0.4, 0.5) is 4.39 Å². The third kappa shape index (κ3) is 2.17. The molecular weight excluding hydrogens is 230 g/mol. The Balaban J connectivity index is 3.09. The van der Waals surface area contributed by atoms with E-state index in [1.54, 1.807) is 19.1 Å². The summed E-state index contributed by atoms with van der Waals surface area (Å²) in [7, 11) is 0. The summed E-state index contributed by atoms with van der Waals surface area (Å²) < 4.78 is 13.7. The number of hydrogen-bond acceptors (Lipinski definition) is 0. The summed E-state index contributed by atoms with van der Waals surface area (Å²) in [5.41, 5.74) is 0.537. The first-order valence-electron chi connectivity index (χ1n) is 3.20. The van der Waals surface area contributed by atoms with Gasteiger partial charge in [-0.3, -0.25) is 0 Å². The maximum absolute atomic E-state index is 13.0. The van der Waals surface area contributed by atoms with Gasteiger partial charge >= 0.3 is 0 Å². The first kappa shape index (κ1) is 9.01. The van der Waals surface area contributed by atoms with E-state index in [0.29, 0.717) is 5.56 Å². The maximum atomic E-state index is 13.0. The molecule has 0 bridgehead atoms. The van der Waals surface area contributed by atoms with E-state index < -0.39 is 0 Å². The fourth-order valence-corrected chi connectivity index (χ4v) is 1.33. The highest BCUT2D eigenvalue weighted by molar-refractivity contribution is 9.10. The molecule has 0 heterocycles. The molecule has 1 aromatic rings. The molecule has 0 spiro atoms. The molecule has 60 valence electrons. The average Bonchev–Trinajstić information content (AvgIpc) is 1.85. The summed E-state index contributed by atoms with van der Waals surface area (Å²) in [4.78, 5) is 0. The Hall–Kier alpha value is -0.0800. The predicted octanol–water partition coefficient (Wildman–Crippen LogP) is 3.89. The lowest BCUT2D eigenvalue weighted by molar-refractivity contribution is 0.609. The van der Waals surface area contributed by atoms with Crippen LogP contribution in [-0.2, 0) is 0 Å². The third-order valence-electron chi connectivity index (χ3n) is 1.39. The fourth-order valence-electron chi connectivity index (χ4n) is 0.824. The van der Waals surface area contributed by atoms with Crippen molar-refractivity contribution in [1.82, 2.24) is 0 Å². The summed E-state index contributed by atoms with van der Waals surface area (Å²) in [5.74, 6) is -0.262. The van der Waals surface area contributed by atoms with Crippen molar-refractivity contribution >= 4 is 27.5 Å². The zero-order valence-corrected chi connectivity index (χ0v) is 8.29. The highest BCUT2D eigenvalue weighted by atomic mass is 79.9. The van der Waals surface area contributed by atoms with Gasteiger partial charge in [-0.2, -0.15) is 0 Å². The minimum atomic E-state index is -0.275. The predicted molar refractivity (Wildman–Crippen MR) is 48.4 cm³/mol. The number of halogens is 3. The molecular formula is C8H7BrClF. The number of alkyl halides is 1. The second-order valence-electron chi connectivity index (χ2n) is 2.28. The van der Waals surface area contributed by atoms with E-state index in [2.05, 4.69) is 15.9 Å². The molecule has 0 saturated carbocycles. The molecule has 0 aliphatic carbocycles. The number of rotatable bonds is 1. The molecule has 0 fully saturated rings. The van der Waals surface area contributed by atoms with Gasteiger partial charge in [0.05, 0.1) is 5.38 Å². The molecule has 0 aliphatic rings. The molecule has 0 nitrogen and oxygen atoms in total. The van der Waals surface area contributed by atoms with Gasteiger partial charge in [0, 0.05) is 10.0 Å². The lowest BCUT2D eigenvalue weighted by Crippen LogP contribution is -1.89. The van der Waals surface area contributed by atoms with Gasteiger partial charge in [0.15, 0.2) is 0 Å². The minimum absolute atomic E-state index is 0.262. The van der Waals surface area contributed by atoms with Crippen molar-refractivity contribution in [3.8, 4) is 0 Å². The largest absolute Gasteiger partial charge is 0.207 e. The van der Waals surface area contributed by atoms with Gasteiger partial charge in [-0.15, -0.1) is 11.6 Å². The van der Waals surface area contributed by atoms with Crippen molar-refractivity contribution in [2.24, 2.45) is 0 Å². The quantitative estimate of drug-likeness (QED) is 0.650. The zero-order valence-electron chi connectivity index (χ0n) is 5.94.